The number of fused-ring (bicyclic) bond motifs is 1. The molecule has 2 aliphatic rings. The number of ether oxygens (including phenoxy) is 1. The van der Waals surface area contributed by atoms with Crippen LogP contribution in [0.5, 0.6) is 5.75 Å². The van der Waals surface area contributed by atoms with Crippen molar-refractivity contribution in [2.75, 3.05) is 18.6 Å². The fourth-order valence-corrected chi connectivity index (χ4v) is 3.88. The lowest BCUT2D eigenvalue weighted by Crippen LogP contribution is -2.49. The van der Waals surface area contributed by atoms with E-state index in [-0.39, 0.29) is 18.2 Å². The molecule has 2 amide bonds. The summed E-state index contributed by atoms with van der Waals surface area (Å²) in [5, 5.41) is 13.5. The molecule has 2 aromatic rings. The van der Waals surface area contributed by atoms with Gasteiger partial charge in [0.1, 0.15) is 24.1 Å². The summed E-state index contributed by atoms with van der Waals surface area (Å²) in [6.45, 7) is 0.0373. The first-order chi connectivity index (χ1) is 13.5. The van der Waals surface area contributed by atoms with E-state index in [1.54, 1.807) is 31.3 Å². The number of benzene rings is 1. The van der Waals surface area contributed by atoms with Gasteiger partial charge in [0.15, 0.2) is 0 Å². The molecule has 1 aromatic carbocycles. The van der Waals surface area contributed by atoms with Crippen LogP contribution in [0, 0.1) is 0 Å². The van der Waals surface area contributed by atoms with Crippen LogP contribution in [0.15, 0.2) is 42.6 Å². The van der Waals surface area contributed by atoms with Gasteiger partial charge in [0.05, 0.1) is 11.3 Å². The molecule has 1 aromatic heterocycles. The predicted molar refractivity (Wildman–Crippen MR) is 103 cm³/mol. The number of hydrogen-bond donors (Lipinski definition) is 2. The molecule has 0 spiro atoms. The first-order valence-electron chi connectivity index (χ1n) is 9.47. The smallest absolute Gasteiger partial charge is 0.270 e. The average molecular weight is 381 g/mol. The lowest BCUT2D eigenvalue weighted by Gasteiger charge is -2.23. The zero-order chi connectivity index (χ0) is 19.7. The van der Waals surface area contributed by atoms with E-state index in [9.17, 15) is 14.7 Å². The van der Waals surface area contributed by atoms with Crippen molar-refractivity contribution in [3.8, 4) is 5.75 Å². The maximum absolute atomic E-state index is 12.8. The number of aromatic nitrogens is 1. The van der Waals surface area contributed by atoms with Gasteiger partial charge in [-0.05, 0) is 42.7 Å². The molecule has 28 heavy (non-hydrogen) atoms. The Hall–Kier alpha value is -2.93. The number of para-hydroxylation sites is 2. The van der Waals surface area contributed by atoms with Gasteiger partial charge in [-0.15, -0.1) is 0 Å². The maximum atomic E-state index is 12.8. The van der Waals surface area contributed by atoms with Gasteiger partial charge in [-0.1, -0.05) is 25.0 Å². The van der Waals surface area contributed by atoms with Crippen LogP contribution in [-0.2, 0) is 10.4 Å². The summed E-state index contributed by atoms with van der Waals surface area (Å²) in [7, 11) is 1.66. The molecule has 1 atom stereocenters. The molecule has 7 heteroatoms. The molecule has 1 fully saturated rings. The van der Waals surface area contributed by atoms with E-state index in [0.717, 1.165) is 12.8 Å². The number of carbonyl (C=O) groups is 2. The Bertz CT molecular complexity index is 908. The molecule has 0 bridgehead atoms. The van der Waals surface area contributed by atoms with Crippen molar-refractivity contribution in [3.63, 3.8) is 0 Å². The van der Waals surface area contributed by atoms with Crippen molar-refractivity contribution in [1.29, 1.82) is 0 Å². The second-order valence-corrected chi connectivity index (χ2v) is 7.37. The molecule has 7 nitrogen and oxygen atoms in total. The number of carbonyl (C=O) groups excluding carboxylic acids is 2. The highest BCUT2D eigenvalue weighted by Gasteiger charge is 2.34. The lowest BCUT2D eigenvalue weighted by atomic mass is 9.92. The SMILES string of the molecule is CN1C(=O)[C@@H](NC(=O)c2cc(C3(O)CCCC3)ccn2)COc2ccccc21. The van der Waals surface area contributed by atoms with E-state index in [4.69, 9.17) is 4.74 Å². The van der Waals surface area contributed by atoms with Crippen LogP contribution in [0.25, 0.3) is 0 Å². The first kappa shape index (κ1) is 18.4. The highest BCUT2D eigenvalue weighted by molar-refractivity contribution is 6.02. The van der Waals surface area contributed by atoms with Crippen LogP contribution >= 0.6 is 0 Å². The Labute approximate surface area is 163 Å². The maximum Gasteiger partial charge on any atom is 0.270 e. The topological polar surface area (TPSA) is 91.8 Å². The second-order valence-electron chi connectivity index (χ2n) is 7.37. The molecular weight excluding hydrogens is 358 g/mol. The van der Waals surface area contributed by atoms with Crippen molar-refractivity contribution >= 4 is 17.5 Å². The minimum atomic E-state index is -0.902. The van der Waals surface area contributed by atoms with Crippen molar-refractivity contribution in [2.24, 2.45) is 0 Å². The Kier molecular flexibility index (Phi) is 4.77. The number of nitrogens with zero attached hydrogens (tertiary/aromatic N) is 2. The fourth-order valence-electron chi connectivity index (χ4n) is 3.88. The summed E-state index contributed by atoms with van der Waals surface area (Å²) in [6.07, 6.45) is 4.79. The molecule has 1 saturated carbocycles. The number of anilines is 1. The van der Waals surface area contributed by atoms with Gasteiger partial charge in [0.25, 0.3) is 11.8 Å². The third kappa shape index (κ3) is 3.33. The third-order valence-electron chi connectivity index (χ3n) is 5.53. The van der Waals surface area contributed by atoms with Crippen LogP contribution < -0.4 is 15.0 Å². The van der Waals surface area contributed by atoms with E-state index < -0.39 is 17.6 Å². The number of rotatable bonds is 3. The Morgan fingerprint density at radius 3 is 2.82 bits per heavy atom. The summed E-state index contributed by atoms with van der Waals surface area (Å²) in [6, 6.07) is 9.77. The number of nitrogens with one attached hydrogen (secondary N) is 1. The summed E-state index contributed by atoms with van der Waals surface area (Å²) in [5.74, 6) is -0.132. The monoisotopic (exact) mass is 381 g/mol. The van der Waals surface area contributed by atoms with Gasteiger partial charge < -0.3 is 20.1 Å². The highest BCUT2D eigenvalue weighted by Crippen LogP contribution is 2.38. The van der Waals surface area contributed by atoms with Crippen LogP contribution in [0.1, 0.15) is 41.7 Å². The zero-order valence-corrected chi connectivity index (χ0v) is 15.7. The molecule has 0 saturated heterocycles. The van der Waals surface area contributed by atoms with Crippen molar-refractivity contribution in [1.82, 2.24) is 10.3 Å². The average Bonchev–Trinajstić information content (AvgIpc) is 3.13. The van der Waals surface area contributed by atoms with Crippen LogP contribution in [0.3, 0.4) is 0 Å². The normalized spacial score (nSPS) is 20.9. The summed E-state index contributed by atoms with van der Waals surface area (Å²) in [5.41, 5.74) is 0.627. The Morgan fingerprint density at radius 1 is 1.29 bits per heavy atom. The summed E-state index contributed by atoms with van der Waals surface area (Å²) < 4.78 is 5.72. The van der Waals surface area contributed by atoms with Gasteiger partial charge >= 0.3 is 0 Å². The highest BCUT2D eigenvalue weighted by atomic mass is 16.5. The quantitative estimate of drug-likeness (QED) is 0.848. The molecular formula is C21H23N3O4. The molecule has 2 heterocycles. The molecule has 4 rings (SSSR count). The summed E-state index contributed by atoms with van der Waals surface area (Å²) in [4.78, 5) is 31.1. The number of hydrogen-bond acceptors (Lipinski definition) is 5. The van der Waals surface area contributed by atoms with Crippen molar-refractivity contribution < 1.29 is 19.4 Å². The van der Waals surface area contributed by atoms with Gasteiger partial charge in [0.2, 0.25) is 0 Å². The standard InChI is InChI=1S/C21H23N3O4/c1-24-17-6-2-3-7-18(17)28-13-16(20(24)26)23-19(25)15-12-14(8-11-22-15)21(27)9-4-5-10-21/h2-3,6-8,11-12,16,27H,4-5,9-10,13H2,1H3,(H,23,25)/t16-/m0/s1. The van der Waals surface area contributed by atoms with E-state index in [0.29, 0.717) is 29.8 Å². The third-order valence-corrected chi connectivity index (χ3v) is 5.53. The minimum Gasteiger partial charge on any atom is -0.489 e. The molecule has 2 N–H and O–H groups in total. The van der Waals surface area contributed by atoms with E-state index >= 15 is 0 Å². The number of likely N-dealkylation sites (N-methyl/N-ethyl adjacent to an activating group) is 1. The van der Waals surface area contributed by atoms with Gasteiger partial charge in [-0.2, -0.15) is 0 Å². The molecule has 1 aliphatic carbocycles. The van der Waals surface area contributed by atoms with Crippen molar-refractivity contribution in [3.05, 3.63) is 53.9 Å². The summed E-state index contributed by atoms with van der Waals surface area (Å²) >= 11 is 0. The van der Waals surface area contributed by atoms with Crippen LogP contribution in [0.4, 0.5) is 5.69 Å². The van der Waals surface area contributed by atoms with Gasteiger partial charge in [0, 0.05) is 13.2 Å². The van der Waals surface area contributed by atoms with Gasteiger partial charge in [-0.25, -0.2) is 0 Å². The molecule has 146 valence electrons. The molecule has 1 aliphatic heterocycles. The Morgan fingerprint density at radius 2 is 2.04 bits per heavy atom. The lowest BCUT2D eigenvalue weighted by molar-refractivity contribution is -0.120. The number of pyridine rings is 1. The number of aliphatic hydroxyl groups is 1. The van der Waals surface area contributed by atoms with E-state index in [2.05, 4.69) is 10.3 Å². The molecule has 0 unspecified atom stereocenters. The molecule has 0 radical (unpaired) electrons. The van der Waals surface area contributed by atoms with Crippen LogP contribution in [-0.4, -0.2) is 41.6 Å². The second kappa shape index (κ2) is 7.24. The fraction of sp³-hybridized carbons (Fsp3) is 0.381. The van der Waals surface area contributed by atoms with E-state index in [1.165, 1.54) is 11.1 Å². The predicted octanol–water partition coefficient (Wildman–Crippen LogP) is 2.00. The largest absolute Gasteiger partial charge is 0.489 e. The first-order valence-corrected chi connectivity index (χ1v) is 9.47. The minimum absolute atomic E-state index is 0.0373. The Balaban J connectivity index is 1.52. The zero-order valence-electron chi connectivity index (χ0n) is 15.7. The number of amides is 2. The van der Waals surface area contributed by atoms with Crippen LogP contribution in [0.2, 0.25) is 0 Å². The van der Waals surface area contributed by atoms with Crippen molar-refractivity contribution in [2.45, 2.75) is 37.3 Å². The van der Waals surface area contributed by atoms with E-state index in [1.807, 2.05) is 12.1 Å². The van der Waals surface area contributed by atoms with Gasteiger partial charge in [-0.3, -0.25) is 14.6 Å².